The molecule has 0 spiro atoms. The van der Waals surface area contributed by atoms with E-state index in [2.05, 4.69) is 13.8 Å². The summed E-state index contributed by atoms with van der Waals surface area (Å²) < 4.78 is 5.26. The van der Waals surface area contributed by atoms with Gasteiger partial charge in [-0.05, 0) is 49.2 Å². The first-order valence-corrected chi connectivity index (χ1v) is 11.0. The number of halogens is 1. The first-order chi connectivity index (χ1) is 14.1. The van der Waals surface area contributed by atoms with E-state index in [0.29, 0.717) is 16.6 Å². The van der Waals surface area contributed by atoms with Crippen LogP contribution in [0.4, 0.5) is 10.8 Å². The van der Waals surface area contributed by atoms with Gasteiger partial charge in [0.05, 0.1) is 18.5 Å². The van der Waals surface area contributed by atoms with E-state index in [1.807, 2.05) is 48.5 Å². The summed E-state index contributed by atoms with van der Waals surface area (Å²) in [5, 5.41) is 1.38. The van der Waals surface area contributed by atoms with Crippen molar-refractivity contribution < 1.29 is 9.53 Å². The van der Waals surface area contributed by atoms with Crippen LogP contribution in [0.1, 0.15) is 38.0 Å². The first-order valence-electron chi connectivity index (χ1n) is 9.80. The Morgan fingerprint density at radius 3 is 2.38 bits per heavy atom. The standard InChI is InChI=1S/C23H25ClN2O2S/c1-4-6-7-21(27)26(18-12-14-19(28-3)15-13-18)23-25-22(20(5-2)29-23)16-8-10-17(24)11-9-16/h8-15H,4-7H2,1-3H3. The second kappa shape index (κ2) is 9.90. The number of hydrogen-bond donors (Lipinski definition) is 0. The number of carbonyl (C=O) groups excluding carboxylic acids is 1. The third-order valence-corrected chi connectivity index (χ3v) is 6.08. The van der Waals surface area contributed by atoms with Gasteiger partial charge >= 0.3 is 0 Å². The van der Waals surface area contributed by atoms with Crippen molar-refractivity contribution in [1.82, 2.24) is 4.98 Å². The lowest BCUT2D eigenvalue weighted by Gasteiger charge is -2.20. The molecule has 0 fully saturated rings. The van der Waals surface area contributed by atoms with Gasteiger partial charge < -0.3 is 4.74 Å². The van der Waals surface area contributed by atoms with Gasteiger partial charge in [-0.25, -0.2) is 4.98 Å². The molecule has 1 amide bonds. The number of hydrogen-bond acceptors (Lipinski definition) is 4. The predicted octanol–water partition coefficient (Wildman–Crippen LogP) is 6.89. The minimum atomic E-state index is 0.0519. The van der Waals surface area contributed by atoms with Gasteiger partial charge in [0.1, 0.15) is 5.75 Å². The molecule has 2 aromatic carbocycles. The molecule has 0 aliphatic heterocycles. The van der Waals surface area contributed by atoms with Crippen molar-refractivity contribution in [3.05, 3.63) is 58.4 Å². The molecule has 1 heterocycles. The Morgan fingerprint density at radius 2 is 1.79 bits per heavy atom. The van der Waals surface area contributed by atoms with Crippen LogP contribution in [0, 0.1) is 0 Å². The molecule has 0 saturated heterocycles. The van der Waals surface area contributed by atoms with E-state index in [1.54, 1.807) is 23.3 Å². The van der Waals surface area contributed by atoms with E-state index in [4.69, 9.17) is 21.3 Å². The monoisotopic (exact) mass is 428 g/mol. The molecule has 152 valence electrons. The molecule has 0 N–H and O–H groups in total. The van der Waals surface area contributed by atoms with Crippen LogP contribution in [0.2, 0.25) is 5.02 Å². The lowest BCUT2D eigenvalue weighted by Crippen LogP contribution is -2.25. The Kier molecular flexibility index (Phi) is 7.29. The number of amides is 1. The van der Waals surface area contributed by atoms with E-state index in [0.717, 1.165) is 46.8 Å². The molecule has 0 bridgehead atoms. The summed E-state index contributed by atoms with van der Waals surface area (Å²) in [5.74, 6) is 0.807. The molecular weight excluding hydrogens is 404 g/mol. The van der Waals surface area contributed by atoms with Gasteiger partial charge in [-0.15, -0.1) is 11.3 Å². The maximum atomic E-state index is 13.1. The fourth-order valence-corrected chi connectivity index (χ4v) is 4.23. The summed E-state index contributed by atoms with van der Waals surface area (Å²) >= 11 is 7.61. The topological polar surface area (TPSA) is 42.4 Å². The molecule has 0 radical (unpaired) electrons. The summed E-state index contributed by atoms with van der Waals surface area (Å²) in [4.78, 5) is 20.8. The van der Waals surface area contributed by atoms with E-state index in [1.165, 1.54) is 0 Å². The number of nitrogens with zero attached hydrogens (tertiary/aromatic N) is 2. The number of benzene rings is 2. The van der Waals surface area contributed by atoms with Gasteiger partial charge in [-0.2, -0.15) is 0 Å². The number of aryl methyl sites for hydroxylation is 1. The van der Waals surface area contributed by atoms with Crippen LogP contribution in [0.25, 0.3) is 11.3 Å². The number of anilines is 2. The number of methoxy groups -OCH3 is 1. The Balaban J connectivity index is 2.04. The zero-order chi connectivity index (χ0) is 20.8. The molecule has 3 rings (SSSR count). The summed E-state index contributed by atoms with van der Waals surface area (Å²) in [7, 11) is 1.63. The zero-order valence-corrected chi connectivity index (χ0v) is 18.5. The minimum Gasteiger partial charge on any atom is -0.497 e. The second-order valence-corrected chi connectivity index (χ2v) is 8.16. The SMILES string of the molecule is CCCCC(=O)N(c1ccc(OC)cc1)c1nc(-c2ccc(Cl)cc2)c(CC)s1. The van der Waals surface area contributed by atoms with E-state index in [-0.39, 0.29) is 5.91 Å². The average molecular weight is 429 g/mol. The third-order valence-electron chi connectivity index (χ3n) is 4.64. The van der Waals surface area contributed by atoms with Crippen LogP contribution in [-0.4, -0.2) is 18.0 Å². The quantitative estimate of drug-likeness (QED) is 0.392. The Labute approximate surface area is 181 Å². The van der Waals surface area contributed by atoms with Crippen LogP contribution in [0.15, 0.2) is 48.5 Å². The number of aromatic nitrogens is 1. The highest BCUT2D eigenvalue weighted by Crippen LogP contribution is 2.38. The van der Waals surface area contributed by atoms with Gasteiger partial charge in [0.15, 0.2) is 5.13 Å². The summed E-state index contributed by atoms with van der Waals surface area (Å²) in [6, 6.07) is 15.2. The van der Waals surface area contributed by atoms with Gasteiger partial charge in [0.25, 0.3) is 0 Å². The van der Waals surface area contributed by atoms with Crippen LogP contribution < -0.4 is 9.64 Å². The van der Waals surface area contributed by atoms with Crippen molar-refractivity contribution in [2.75, 3.05) is 12.0 Å². The highest BCUT2D eigenvalue weighted by molar-refractivity contribution is 7.16. The molecule has 0 aliphatic rings. The number of rotatable bonds is 8. The largest absolute Gasteiger partial charge is 0.497 e. The van der Waals surface area contributed by atoms with Gasteiger partial charge in [-0.3, -0.25) is 9.69 Å². The summed E-state index contributed by atoms with van der Waals surface area (Å²) in [6.45, 7) is 4.19. The lowest BCUT2D eigenvalue weighted by atomic mass is 10.1. The number of thiazole rings is 1. The molecule has 4 nitrogen and oxygen atoms in total. The fourth-order valence-electron chi connectivity index (χ4n) is 3.04. The molecule has 6 heteroatoms. The lowest BCUT2D eigenvalue weighted by molar-refractivity contribution is -0.118. The van der Waals surface area contributed by atoms with E-state index < -0.39 is 0 Å². The predicted molar refractivity (Wildman–Crippen MR) is 122 cm³/mol. The van der Waals surface area contributed by atoms with Crippen molar-refractivity contribution in [1.29, 1.82) is 0 Å². The molecule has 1 aromatic heterocycles. The first kappa shape index (κ1) is 21.3. The van der Waals surface area contributed by atoms with Crippen molar-refractivity contribution in [3.63, 3.8) is 0 Å². The Hall–Kier alpha value is -2.37. The number of ether oxygens (including phenoxy) is 1. The third kappa shape index (κ3) is 4.98. The normalized spacial score (nSPS) is 10.8. The summed E-state index contributed by atoms with van der Waals surface area (Å²) in [6.07, 6.45) is 3.15. The van der Waals surface area contributed by atoms with Crippen LogP contribution in [0.3, 0.4) is 0 Å². The van der Waals surface area contributed by atoms with Crippen molar-refractivity contribution in [2.45, 2.75) is 39.5 Å². The molecule has 0 unspecified atom stereocenters. The fraction of sp³-hybridized carbons (Fsp3) is 0.304. The highest BCUT2D eigenvalue weighted by Gasteiger charge is 2.23. The van der Waals surface area contributed by atoms with Crippen molar-refractivity contribution >= 4 is 39.7 Å². The second-order valence-electron chi connectivity index (χ2n) is 6.66. The molecular formula is C23H25ClN2O2S. The Bertz CT molecular complexity index is 952. The van der Waals surface area contributed by atoms with Gasteiger partial charge in [0.2, 0.25) is 5.91 Å². The molecule has 29 heavy (non-hydrogen) atoms. The van der Waals surface area contributed by atoms with Crippen LogP contribution in [0.5, 0.6) is 5.75 Å². The number of carbonyl (C=O) groups is 1. The average Bonchev–Trinajstić information content (AvgIpc) is 3.17. The van der Waals surface area contributed by atoms with Crippen molar-refractivity contribution in [2.24, 2.45) is 0 Å². The number of unbranched alkanes of at least 4 members (excludes halogenated alkanes) is 1. The molecule has 3 aromatic rings. The molecule has 0 saturated carbocycles. The van der Waals surface area contributed by atoms with Crippen molar-refractivity contribution in [3.8, 4) is 17.0 Å². The van der Waals surface area contributed by atoms with Gasteiger partial charge in [-0.1, -0.05) is 44.0 Å². The maximum absolute atomic E-state index is 13.1. The Morgan fingerprint density at radius 1 is 1.10 bits per heavy atom. The highest BCUT2D eigenvalue weighted by atomic mass is 35.5. The molecule has 0 aliphatic carbocycles. The van der Waals surface area contributed by atoms with Gasteiger partial charge in [0, 0.05) is 21.9 Å². The maximum Gasteiger partial charge on any atom is 0.233 e. The summed E-state index contributed by atoms with van der Waals surface area (Å²) in [5.41, 5.74) is 2.71. The zero-order valence-electron chi connectivity index (χ0n) is 16.9. The molecule has 0 atom stereocenters. The van der Waals surface area contributed by atoms with E-state index in [9.17, 15) is 4.79 Å². The van der Waals surface area contributed by atoms with E-state index >= 15 is 0 Å². The minimum absolute atomic E-state index is 0.0519. The van der Waals surface area contributed by atoms with Crippen LogP contribution in [-0.2, 0) is 11.2 Å². The smallest absolute Gasteiger partial charge is 0.233 e. The van der Waals surface area contributed by atoms with Crippen LogP contribution >= 0.6 is 22.9 Å².